The maximum atomic E-state index is 12.4. The highest BCUT2D eigenvalue weighted by Crippen LogP contribution is 2.36. The summed E-state index contributed by atoms with van der Waals surface area (Å²) in [6.07, 6.45) is 1.08. The fraction of sp³-hybridized carbons (Fsp3) is 0.429. The first-order valence-electron chi connectivity index (χ1n) is 6.64. The van der Waals surface area contributed by atoms with Crippen molar-refractivity contribution in [1.82, 2.24) is 4.90 Å². The Morgan fingerprint density at radius 2 is 2.19 bits per heavy atom. The summed E-state index contributed by atoms with van der Waals surface area (Å²) in [6.45, 7) is 2.43. The standard InChI is InChI=1S/C14H16ClNO5/c1-2-21-11-7-8(6-9(15)12(11)17)13(18)16-5-3-4-10(16)14(19)20/h6-7,10,17H,2-5H2,1H3,(H,19,20). The number of hydrogen-bond donors (Lipinski definition) is 2. The largest absolute Gasteiger partial charge is 0.503 e. The van der Waals surface area contributed by atoms with Crippen LogP contribution in [0.2, 0.25) is 5.02 Å². The Balaban J connectivity index is 2.33. The van der Waals surface area contributed by atoms with Gasteiger partial charge in [0.2, 0.25) is 0 Å². The average Bonchev–Trinajstić information content (AvgIpc) is 2.92. The van der Waals surface area contributed by atoms with Crippen LogP contribution in [-0.2, 0) is 4.79 Å². The molecule has 7 heteroatoms. The number of carboxylic acids is 1. The van der Waals surface area contributed by atoms with Crippen LogP contribution in [0.15, 0.2) is 12.1 Å². The third kappa shape index (κ3) is 3.05. The molecule has 114 valence electrons. The maximum Gasteiger partial charge on any atom is 0.326 e. The van der Waals surface area contributed by atoms with Crippen LogP contribution in [0.5, 0.6) is 11.5 Å². The van der Waals surface area contributed by atoms with Crippen molar-refractivity contribution in [2.45, 2.75) is 25.8 Å². The van der Waals surface area contributed by atoms with E-state index in [-0.39, 0.29) is 22.1 Å². The highest BCUT2D eigenvalue weighted by atomic mass is 35.5. The number of aromatic hydroxyl groups is 1. The number of phenols is 1. The van der Waals surface area contributed by atoms with Gasteiger partial charge in [-0.2, -0.15) is 0 Å². The van der Waals surface area contributed by atoms with E-state index < -0.39 is 17.9 Å². The monoisotopic (exact) mass is 313 g/mol. The van der Waals surface area contributed by atoms with Crippen molar-refractivity contribution in [3.05, 3.63) is 22.7 Å². The molecule has 0 saturated carbocycles. The molecule has 2 rings (SSSR count). The molecule has 0 aliphatic carbocycles. The Labute approximate surface area is 126 Å². The molecule has 0 bridgehead atoms. The zero-order chi connectivity index (χ0) is 15.6. The topological polar surface area (TPSA) is 87.1 Å². The number of aliphatic carboxylic acids is 1. The van der Waals surface area contributed by atoms with Crippen LogP contribution in [0.3, 0.4) is 0 Å². The van der Waals surface area contributed by atoms with Gasteiger partial charge < -0.3 is 19.8 Å². The molecule has 2 N–H and O–H groups in total. The first-order chi connectivity index (χ1) is 9.95. The summed E-state index contributed by atoms with van der Waals surface area (Å²) in [6, 6.07) is 1.88. The average molecular weight is 314 g/mol. The lowest BCUT2D eigenvalue weighted by molar-refractivity contribution is -0.141. The lowest BCUT2D eigenvalue weighted by atomic mass is 10.1. The van der Waals surface area contributed by atoms with E-state index in [2.05, 4.69) is 0 Å². The molecule has 1 aliphatic heterocycles. The Morgan fingerprint density at radius 1 is 1.48 bits per heavy atom. The van der Waals surface area contributed by atoms with Gasteiger partial charge in [-0.15, -0.1) is 0 Å². The first kappa shape index (κ1) is 15.4. The van der Waals surface area contributed by atoms with Gasteiger partial charge in [0.15, 0.2) is 11.5 Å². The minimum Gasteiger partial charge on any atom is -0.503 e. The van der Waals surface area contributed by atoms with Gasteiger partial charge in [0, 0.05) is 12.1 Å². The van der Waals surface area contributed by atoms with Gasteiger partial charge in [-0.05, 0) is 31.9 Å². The summed E-state index contributed by atoms with van der Waals surface area (Å²) in [4.78, 5) is 24.9. The molecule has 6 nitrogen and oxygen atoms in total. The summed E-state index contributed by atoms with van der Waals surface area (Å²) >= 11 is 5.89. The van der Waals surface area contributed by atoms with E-state index in [0.717, 1.165) is 0 Å². The highest BCUT2D eigenvalue weighted by Gasteiger charge is 2.34. The number of ether oxygens (including phenoxy) is 1. The molecule has 1 heterocycles. The van der Waals surface area contributed by atoms with Crippen molar-refractivity contribution >= 4 is 23.5 Å². The highest BCUT2D eigenvalue weighted by molar-refractivity contribution is 6.32. The zero-order valence-corrected chi connectivity index (χ0v) is 12.3. The number of rotatable bonds is 4. The molecule has 0 spiro atoms. The number of amides is 1. The summed E-state index contributed by atoms with van der Waals surface area (Å²) in [5.41, 5.74) is 0.203. The van der Waals surface area contributed by atoms with E-state index in [9.17, 15) is 14.7 Å². The van der Waals surface area contributed by atoms with Crippen LogP contribution in [0, 0.1) is 0 Å². The van der Waals surface area contributed by atoms with Gasteiger partial charge in [0.25, 0.3) is 5.91 Å². The molecule has 1 saturated heterocycles. The van der Waals surface area contributed by atoms with Crippen LogP contribution in [0.1, 0.15) is 30.1 Å². The van der Waals surface area contributed by atoms with Crippen LogP contribution in [0.4, 0.5) is 0 Å². The number of hydrogen-bond acceptors (Lipinski definition) is 4. The van der Waals surface area contributed by atoms with Crippen molar-refractivity contribution < 1.29 is 24.5 Å². The van der Waals surface area contributed by atoms with Crippen LogP contribution in [-0.4, -0.2) is 46.2 Å². The normalized spacial score (nSPS) is 17.8. The fourth-order valence-corrected chi connectivity index (χ4v) is 2.61. The molecule has 1 aromatic rings. The zero-order valence-electron chi connectivity index (χ0n) is 11.5. The van der Waals surface area contributed by atoms with E-state index >= 15 is 0 Å². The second-order valence-corrected chi connectivity index (χ2v) is 5.14. The van der Waals surface area contributed by atoms with Gasteiger partial charge in [-0.1, -0.05) is 11.6 Å². The Kier molecular flexibility index (Phi) is 4.57. The van der Waals surface area contributed by atoms with Crippen molar-refractivity contribution in [1.29, 1.82) is 0 Å². The van der Waals surface area contributed by atoms with Gasteiger partial charge in [-0.25, -0.2) is 4.79 Å². The van der Waals surface area contributed by atoms with Crippen molar-refractivity contribution in [2.75, 3.05) is 13.2 Å². The number of phenolic OH excluding ortho intramolecular Hbond substituents is 1. The smallest absolute Gasteiger partial charge is 0.326 e. The second kappa shape index (κ2) is 6.22. The molecular formula is C14H16ClNO5. The number of carbonyl (C=O) groups excluding carboxylic acids is 1. The molecule has 1 fully saturated rings. The van der Waals surface area contributed by atoms with E-state index in [0.29, 0.717) is 26.0 Å². The predicted molar refractivity (Wildman–Crippen MR) is 76.0 cm³/mol. The number of carboxylic acid groups (broad SMARTS) is 1. The minimum absolute atomic E-state index is 0.00429. The van der Waals surface area contributed by atoms with Gasteiger partial charge in [0.05, 0.1) is 11.6 Å². The van der Waals surface area contributed by atoms with Crippen LogP contribution in [0.25, 0.3) is 0 Å². The number of halogens is 1. The summed E-state index contributed by atoms with van der Waals surface area (Å²) in [5.74, 6) is -1.57. The van der Waals surface area contributed by atoms with E-state index in [1.165, 1.54) is 17.0 Å². The Morgan fingerprint density at radius 3 is 2.81 bits per heavy atom. The fourth-order valence-electron chi connectivity index (χ4n) is 2.40. The molecule has 0 aromatic heterocycles. The lowest BCUT2D eigenvalue weighted by Crippen LogP contribution is -2.40. The summed E-state index contributed by atoms with van der Waals surface area (Å²) in [7, 11) is 0. The minimum atomic E-state index is -1.02. The molecule has 0 radical (unpaired) electrons. The molecule has 1 aliphatic rings. The molecule has 1 unspecified atom stereocenters. The second-order valence-electron chi connectivity index (χ2n) is 4.73. The maximum absolute atomic E-state index is 12.4. The van der Waals surface area contributed by atoms with Crippen molar-refractivity contribution in [3.8, 4) is 11.5 Å². The molecular weight excluding hydrogens is 298 g/mol. The number of benzene rings is 1. The Hall–Kier alpha value is -1.95. The quantitative estimate of drug-likeness (QED) is 0.889. The van der Waals surface area contributed by atoms with Crippen molar-refractivity contribution in [2.24, 2.45) is 0 Å². The van der Waals surface area contributed by atoms with E-state index in [1.807, 2.05) is 0 Å². The lowest BCUT2D eigenvalue weighted by Gasteiger charge is -2.22. The number of nitrogens with zero attached hydrogens (tertiary/aromatic N) is 1. The Bertz CT molecular complexity index is 575. The molecule has 21 heavy (non-hydrogen) atoms. The van der Waals surface area contributed by atoms with Gasteiger partial charge in [-0.3, -0.25) is 4.79 Å². The van der Waals surface area contributed by atoms with Gasteiger partial charge in [0.1, 0.15) is 6.04 Å². The number of likely N-dealkylation sites (tertiary alicyclic amines) is 1. The summed E-state index contributed by atoms with van der Waals surface area (Å²) in [5, 5.41) is 18.9. The predicted octanol–water partition coefficient (Wildman–Crippen LogP) is 2.13. The van der Waals surface area contributed by atoms with E-state index in [4.69, 9.17) is 21.4 Å². The van der Waals surface area contributed by atoms with E-state index in [1.54, 1.807) is 6.92 Å². The molecule has 1 amide bonds. The van der Waals surface area contributed by atoms with Crippen LogP contribution < -0.4 is 4.74 Å². The third-order valence-corrected chi connectivity index (χ3v) is 3.66. The first-order valence-corrected chi connectivity index (χ1v) is 7.02. The third-order valence-electron chi connectivity index (χ3n) is 3.37. The molecule has 1 aromatic carbocycles. The SMILES string of the molecule is CCOc1cc(C(=O)N2CCCC2C(=O)O)cc(Cl)c1O. The van der Waals surface area contributed by atoms with Crippen molar-refractivity contribution in [3.63, 3.8) is 0 Å². The van der Waals surface area contributed by atoms with Gasteiger partial charge >= 0.3 is 5.97 Å². The molecule has 1 atom stereocenters. The van der Waals surface area contributed by atoms with Crippen LogP contribution >= 0.6 is 11.6 Å². The summed E-state index contributed by atoms with van der Waals surface area (Å²) < 4.78 is 5.22. The number of carbonyl (C=O) groups is 2.